The van der Waals surface area contributed by atoms with Crippen molar-refractivity contribution < 1.29 is 19.2 Å². The molecule has 2 fully saturated rings. The average Bonchev–Trinajstić information content (AvgIpc) is 3.03. The topological polar surface area (TPSA) is 105 Å². The highest BCUT2D eigenvalue weighted by Crippen LogP contribution is 2.37. The number of carboxylic acid groups (broad SMARTS) is 1. The number of carbonyl (C=O) groups excluding carboxylic acids is 1. The van der Waals surface area contributed by atoms with Gasteiger partial charge in [-0.1, -0.05) is 30.8 Å². The summed E-state index contributed by atoms with van der Waals surface area (Å²) in [7, 11) is 0. The Hall–Kier alpha value is -1.92. The van der Waals surface area contributed by atoms with Gasteiger partial charge in [-0.25, -0.2) is 0 Å². The first-order valence-electron chi connectivity index (χ1n) is 8.86. The van der Waals surface area contributed by atoms with Crippen LogP contribution in [-0.4, -0.2) is 27.1 Å². The van der Waals surface area contributed by atoms with Gasteiger partial charge in [-0.05, 0) is 32.1 Å². The lowest BCUT2D eigenvalue weighted by molar-refractivity contribution is -0.144. The molecule has 0 aliphatic heterocycles. The maximum absolute atomic E-state index is 12.8. The number of aliphatic carboxylic acids is 1. The highest BCUT2D eigenvalue weighted by molar-refractivity contribution is 5.81. The van der Waals surface area contributed by atoms with E-state index < -0.39 is 17.4 Å². The van der Waals surface area contributed by atoms with Gasteiger partial charge in [0.25, 0.3) is 0 Å². The van der Waals surface area contributed by atoms with Crippen LogP contribution in [0, 0.1) is 18.8 Å². The standard InChI is InChI=1S/C17H25N3O4/c1-11-18-16(20-24-11)17(8-3-2-4-9-17)19-14(21)12-6-5-7-13(10-12)15(22)23/h12-13H,2-10H2,1H3,(H,19,21)(H,22,23). The van der Waals surface area contributed by atoms with Crippen molar-refractivity contribution in [2.24, 2.45) is 11.8 Å². The zero-order valence-corrected chi connectivity index (χ0v) is 14.1. The number of hydrogen-bond acceptors (Lipinski definition) is 5. The fourth-order valence-corrected chi connectivity index (χ4v) is 4.04. The summed E-state index contributed by atoms with van der Waals surface area (Å²) in [4.78, 5) is 28.4. The van der Waals surface area contributed by atoms with Crippen molar-refractivity contribution in [2.45, 2.75) is 70.3 Å². The van der Waals surface area contributed by atoms with Crippen LogP contribution in [0.15, 0.2) is 4.52 Å². The number of nitrogens with one attached hydrogen (secondary N) is 1. The number of carboxylic acids is 1. The van der Waals surface area contributed by atoms with Crippen molar-refractivity contribution >= 4 is 11.9 Å². The molecule has 0 spiro atoms. The fraction of sp³-hybridized carbons (Fsp3) is 0.765. The first-order chi connectivity index (χ1) is 11.5. The van der Waals surface area contributed by atoms with E-state index in [1.807, 2.05) is 0 Å². The molecule has 1 amide bonds. The lowest BCUT2D eigenvalue weighted by atomic mass is 9.78. The van der Waals surface area contributed by atoms with Crippen LogP contribution < -0.4 is 5.32 Å². The molecular formula is C17H25N3O4. The van der Waals surface area contributed by atoms with Gasteiger partial charge in [0, 0.05) is 12.8 Å². The Kier molecular flexibility index (Phi) is 4.87. The summed E-state index contributed by atoms with van der Waals surface area (Å²) in [6.07, 6.45) is 7.36. The number of hydrogen-bond donors (Lipinski definition) is 2. The Bertz CT molecular complexity index is 607. The molecule has 2 atom stereocenters. The fourth-order valence-electron chi connectivity index (χ4n) is 4.04. The van der Waals surface area contributed by atoms with Gasteiger partial charge in [0.1, 0.15) is 5.54 Å². The van der Waals surface area contributed by atoms with Gasteiger partial charge in [0.2, 0.25) is 11.8 Å². The van der Waals surface area contributed by atoms with Crippen molar-refractivity contribution in [1.82, 2.24) is 15.5 Å². The molecule has 7 heteroatoms. The summed E-state index contributed by atoms with van der Waals surface area (Å²) < 4.78 is 5.13. The van der Waals surface area contributed by atoms with Crippen LogP contribution in [0.2, 0.25) is 0 Å². The second kappa shape index (κ2) is 6.91. The van der Waals surface area contributed by atoms with E-state index in [-0.39, 0.29) is 11.8 Å². The van der Waals surface area contributed by atoms with Crippen LogP contribution in [-0.2, 0) is 15.1 Å². The lowest BCUT2D eigenvalue weighted by Gasteiger charge is -2.37. The van der Waals surface area contributed by atoms with Crippen molar-refractivity contribution in [3.05, 3.63) is 11.7 Å². The quantitative estimate of drug-likeness (QED) is 0.876. The first kappa shape index (κ1) is 16.9. The molecule has 24 heavy (non-hydrogen) atoms. The Morgan fingerprint density at radius 1 is 1.17 bits per heavy atom. The molecule has 2 unspecified atom stereocenters. The Labute approximate surface area is 141 Å². The summed E-state index contributed by atoms with van der Waals surface area (Å²) in [6, 6.07) is 0. The lowest BCUT2D eigenvalue weighted by Crippen LogP contribution is -2.50. The molecule has 1 aromatic rings. The minimum absolute atomic E-state index is 0.0645. The smallest absolute Gasteiger partial charge is 0.306 e. The van der Waals surface area contributed by atoms with Gasteiger partial charge in [-0.15, -0.1) is 0 Å². The number of aryl methyl sites for hydroxylation is 1. The van der Waals surface area contributed by atoms with Crippen molar-refractivity contribution in [2.75, 3.05) is 0 Å². The second-order valence-corrected chi connectivity index (χ2v) is 7.17. The van der Waals surface area contributed by atoms with Crippen LogP contribution >= 0.6 is 0 Å². The maximum atomic E-state index is 12.8. The largest absolute Gasteiger partial charge is 0.481 e. The third-order valence-electron chi connectivity index (χ3n) is 5.42. The monoisotopic (exact) mass is 335 g/mol. The van der Waals surface area contributed by atoms with Crippen molar-refractivity contribution in [3.63, 3.8) is 0 Å². The first-order valence-corrected chi connectivity index (χ1v) is 8.86. The molecule has 2 saturated carbocycles. The molecule has 0 bridgehead atoms. The van der Waals surface area contributed by atoms with Gasteiger partial charge in [-0.3, -0.25) is 9.59 Å². The summed E-state index contributed by atoms with van der Waals surface area (Å²) in [6.45, 7) is 1.74. The number of nitrogens with zero attached hydrogens (tertiary/aromatic N) is 2. The minimum atomic E-state index is -0.798. The highest BCUT2D eigenvalue weighted by Gasteiger charge is 2.41. The number of rotatable bonds is 4. The third-order valence-corrected chi connectivity index (χ3v) is 5.42. The molecule has 0 aromatic carbocycles. The molecular weight excluding hydrogens is 310 g/mol. The predicted octanol–water partition coefficient (Wildman–Crippen LogP) is 2.54. The van der Waals surface area contributed by atoms with E-state index in [1.54, 1.807) is 6.92 Å². The molecule has 0 radical (unpaired) electrons. The molecule has 0 saturated heterocycles. The molecule has 2 aliphatic rings. The molecule has 7 nitrogen and oxygen atoms in total. The molecule has 132 valence electrons. The van der Waals surface area contributed by atoms with Crippen LogP contribution in [0.4, 0.5) is 0 Å². The van der Waals surface area contributed by atoms with Crippen LogP contribution in [0.3, 0.4) is 0 Å². The van der Waals surface area contributed by atoms with Gasteiger partial charge in [-0.2, -0.15) is 4.98 Å². The van der Waals surface area contributed by atoms with Crippen LogP contribution in [0.25, 0.3) is 0 Å². The summed E-state index contributed by atoms with van der Waals surface area (Å²) in [5.41, 5.74) is -0.566. The van der Waals surface area contributed by atoms with E-state index in [4.69, 9.17) is 4.52 Å². The Balaban J connectivity index is 1.75. The van der Waals surface area contributed by atoms with E-state index in [0.717, 1.165) is 44.9 Å². The average molecular weight is 335 g/mol. The number of amides is 1. The summed E-state index contributed by atoms with van der Waals surface area (Å²) >= 11 is 0. The normalized spacial score (nSPS) is 26.7. The van der Waals surface area contributed by atoms with E-state index in [1.165, 1.54) is 0 Å². The van der Waals surface area contributed by atoms with E-state index in [2.05, 4.69) is 15.5 Å². The third kappa shape index (κ3) is 3.44. The Morgan fingerprint density at radius 3 is 2.50 bits per heavy atom. The number of carbonyl (C=O) groups is 2. The van der Waals surface area contributed by atoms with Gasteiger partial charge in [0.05, 0.1) is 5.92 Å². The van der Waals surface area contributed by atoms with E-state index in [9.17, 15) is 14.7 Å². The van der Waals surface area contributed by atoms with Crippen LogP contribution in [0.5, 0.6) is 0 Å². The van der Waals surface area contributed by atoms with E-state index >= 15 is 0 Å². The molecule has 2 aliphatic carbocycles. The number of aromatic nitrogens is 2. The Morgan fingerprint density at radius 2 is 1.88 bits per heavy atom. The van der Waals surface area contributed by atoms with Crippen molar-refractivity contribution in [3.8, 4) is 0 Å². The summed E-state index contributed by atoms with van der Waals surface area (Å²) in [5.74, 6) is -0.471. The maximum Gasteiger partial charge on any atom is 0.306 e. The predicted molar refractivity (Wildman–Crippen MR) is 85.0 cm³/mol. The molecule has 3 rings (SSSR count). The molecule has 2 N–H and O–H groups in total. The highest BCUT2D eigenvalue weighted by atomic mass is 16.5. The van der Waals surface area contributed by atoms with Gasteiger partial charge in [0.15, 0.2) is 5.82 Å². The molecule has 1 aromatic heterocycles. The zero-order chi connectivity index (χ0) is 17.2. The zero-order valence-electron chi connectivity index (χ0n) is 14.1. The van der Waals surface area contributed by atoms with Gasteiger partial charge < -0.3 is 14.9 Å². The SMILES string of the molecule is Cc1nc(C2(NC(=O)C3CCCC(C(=O)O)C3)CCCCC2)no1. The van der Waals surface area contributed by atoms with Gasteiger partial charge >= 0.3 is 5.97 Å². The van der Waals surface area contributed by atoms with Crippen molar-refractivity contribution in [1.29, 1.82) is 0 Å². The van der Waals surface area contributed by atoms with E-state index in [0.29, 0.717) is 24.6 Å². The van der Waals surface area contributed by atoms with Crippen LogP contribution in [0.1, 0.15) is 69.5 Å². The summed E-state index contributed by atoms with van der Waals surface area (Å²) in [5, 5.41) is 16.5. The minimum Gasteiger partial charge on any atom is -0.481 e. The molecule has 1 heterocycles. The second-order valence-electron chi connectivity index (χ2n) is 7.17.